The molecule has 21 heavy (non-hydrogen) atoms. The minimum atomic E-state index is -0.0726. The van der Waals surface area contributed by atoms with Gasteiger partial charge in [0.25, 0.3) is 0 Å². The number of hydrogen-bond donors (Lipinski definition) is 1. The number of hydrogen-bond acceptors (Lipinski definition) is 2. The molecular formula is C18H29FN2. The van der Waals surface area contributed by atoms with Gasteiger partial charge in [-0.25, -0.2) is 4.39 Å². The molecule has 0 aromatic heterocycles. The summed E-state index contributed by atoms with van der Waals surface area (Å²) < 4.78 is 14.4. The summed E-state index contributed by atoms with van der Waals surface area (Å²) in [5.41, 5.74) is 1.82. The van der Waals surface area contributed by atoms with E-state index in [1.807, 2.05) is 6.07 Å². The Kier molecular flexibility index (Phi) is 6.50. The fourth-order valence-corrected chi connectivity index (χ4v) is 3.00. The Balaban J connectivity index is 1.94. The lowest BCUT2D eigenvalue weighted by Crippen LogP contribution is -2.30. The maximum Gasteiger partial charge on any atom is 0.146 e. The zero-order valence-electron chi connectivity index (χ0n) is 13.5. The van der Waals surface area contributed by atoms with Crippen LogP contribution >= 0.6 is 0 Å². The predicted molar refractivity (Wildman–Crippen MR) is 88.4 cm³/mol. The lowest BCUT2D eigenvalue weighted by Gasteiger charge is -2.29. The van der Waals surface area contributed by atoms with Crippen molar-refractivity contribution < 1.29 is 4.39 Å². The molecule has 0 saturated carbocycles. The summed E-state index contributed by atoms with van der Waals surface area (Å²) in [5, 5.41) is 3.48. The quantitative estimate of drug-likeness (QED) is 0.735. The summed E-state index contributed by atoms with van der Waals surface area (Å²) in [6.07, 6.45) is 7.30. The second-order valence-corrected chi connectivity index (χ2v) is 6.14. The fourth-order valence-electron chi connectivity index (χ4n) is 3.00. The second kappa shape index (κ2) is 8.38. The van der Waals surface area contributed by atoms with Crippen LogP contribution in [0.15, 0.2) is 18.2 Å². The van der Waals surface area contributed by atoms with Crippen LogP contribution in [0.5, 0.6) is 0 Å². The largest absolute Gasteiger partial charge is 0.369 e. The van der Waals surface area contributed by atoms with Gasteiger partial charge in [-0.05, 0) is 56.8 Å². The van der Waals surface area contributed by atoms with Gasteiger partial charge in [-0.1, -0.05) is 25.8 Å². The van der Waals surface area contributed by atoms with Crippen molar-refractivity contribution in [2.45, 2.75) is 58.4 Å². The Bertz CT molecular complexity index is 427. The van der Waals surface area contributed by atoms with Gasteiger partial charge >= 0.3 is 0 Å². The van der Waals surface area contributed by atoms with E-state index in [0.29, 0.717) is 0 Å². The molecule has 0 bridgehead atoms. The van der Waals surface area contributed by atoms with Crippen molar-refractivity contribution >= 4 is 5.69 Å². The number of unbranched alkanes of at least 4 members (excludes halogenated alkanes) is 2. The molecule has 0 radical (unpaired) electrons. The van der Waals surface area contributed by atoms with Crippen LogP contribution < -0.4 is 10.2 Å². The Morgan fingerprint density at radius 2 is 1.95 bits per heavy atom. The SMILES string of the molecule is CCCCCN[C@H](C)c1ccc(N2CCCCC2)c(F)c1. The van der Waals surface area contributed by atoms with Gasteiger partial charge in [-0.2, -0.15) is 0 Å². The van der Waals surface area contributed by atoms with E-state index in [4.69, 9.17) is 0 Å². The van der Waals surface area contributed by atoms with E-state index in [1.165, 1.54) is 38.5 Å². The minimum Gasteiger partial charge on any atom is -0.369 e. The van der Waals surface area contributed by atoms with Crippen molar-refractivity contribution in [3.8, 4) is 0 Å². The van der Waals surface area contributed by atoms with Crippen LogP contribution in [-0.2, 0) is 0 Å². The van der Waals surface area contributed by atoms with E-state index in [1.54, 1.807) is 6.07 Å². The highest BCUT2D eigenvalue weighted by molar-refractivity contribution is 5.49. The third kappa shape index (κ3) is 4.70. The van der Waals surface area contributed by atoms with Crippen LogP contribution in [0.25, 0.3) is 0 Å². The molecule has 0 aliphatic carbocycles. The maximum atomic E-state index is 14.4. The average Bonchev–Trinajstić information content (AvgIpc) is 2.52. The van der Waals surface area contributed by atoms with E-state index in [-0.39, 0.29) is 11.9 Å². The second-order valence-electron chi connectivity index (χ2n) is 6.14. The first-order valence-electron chi connectivity index (χ1n) is 8.50. The van der Waals surface area contributed by atoms with E-state index in [0.717, 1.165) is 30.9 Å². The number of halogens is 1. The van der Waals surface area contributed by atoms with Gasteiger partial charge in [0.1, 0.15) is 5.82 Å². The fraction of sp³-hybridized carbons (Fsp3) is 0.667. The lowest BCUT2D eigenvalue weighted by molar-refractivity contribution is 0.535. The Labute approximate surface area is 128 Å². The zero-order chi connectivity index (χ0) is 15.1. The van der Waals surface area contributed by atoms with Crippen molar-refractivity contribution in [2.24, 2.45) is 0 Å². The number of anilines is 1. The predicted octanol–water partition coefficient (Wildman–Crippen LogP) is 4.66. The Morgan fingerprint density at radius 1 is 1.19 bits per heavy atom. The summed E-state index contributed by atoms with van der Waals surface area (Å²) >= 11 is 0. The molecule has 1 fully saturated rings. The molecule has 0 unspecified atom stereocenters. The van der Waals surface area contributed by atoms with E-state index >= 15 is 0 Å². The monoisotopic (exact) mass is 292 g/mol. The third-order valence-electron chi connectivity index (χ3n) is 4.40. The molecule has 1 aromatic rings. The van der Waals surface area contributed by atoms with Crippen molar-refractivity contribution in [3.63, 3.8) is 0 Å². The van der Waals surface area contributed by atoms with Crippen molar-refractivity contribution in [3.05, 3.63) is 29.6 Å². The molecule has 2 rings (SSSR count). The molecule has 1 aliphatic heterocycles. The van der Waals surface area contributed by atoms with Crippen LogP contribution in [-0.4, -0.2) is 19.6 Å². The van der Waals surface area contributed by atoms with Crippen molar-refractivity contribution in [2.75, 3.05) is 24.5 Å². The molecule has 1 N–H and O–H groups in total. The number of nitrogens with one attached hydrogen (secondary N) is 1. The normalized spacial score (nSPS) is 17.0. The number of benzene rings is 1. The smallest absolute Gasteiger partial charge is 0.146 e. The number of rotatable bonds is 7. The van der Waals surface area contributed by atoms with Gasteiger partial charge in [0.15, 0.2) is 0 Å². The van der Waals surface area contributed by atoms with Gasteiger partial charge in [0.05, 0.1) is 5.69 Å². The topological polar surface area (TPSA) is 15.3 Å². The first-order chi connectivity index (χ1) is 10.2. The van der Waals surface area contributed by atoms with Crippen molar-refractivity contribution in [1.29, 1.82) is 0 Å². The lowest BCUT2D eigenvalue weighted by atomic mass is 10.1. The summed E-state index contributed by atoms with van der Waals surface area (Å²) in [4.78, 5) is 2.18. The Hall–Kier alpha value is -1.09. The van der Waals surface area contributed by atoms with Crippen LogP contribution in [0.2, 0.25) is 0 Å². The minimum absolute atomic E-state index is 0.0726. The van der Waals surface area contributed by atoms with Gasteiger partial charge in [0.2, 0.25) is 0 Å². The maximum absolute atomic E-state index is 14.4. The molecule has 1 aromatic carbocycles. The molecule has 118 valence electrons. The Morgan fingerprint density at radius 3 is 2.62 bits per heavy atom. The third-order valence-corrected chi connectivity index (χ3v) is 4.40. The highest BCUT2D eigenvalue weighted by Gasteiger charge is 2.16. The molecule has 0 amide bonds. The average molecular weight is 292 g/mol. The number of nitrogens with zero attached hydrogens (tertiary/aromatic N) is 1. The van der Waals surface area contributed by atoms with Gasteiger partial charge in [0, 0.05) is 19.1 Å². The zero-order valence-corrected chi connectivity index (χ0v) is 13.5. The first kappa shape index (κ1) is 16.3. The summed E-state index contributed by atoms with van der Waals surface area (Å²) in [7, 11) is 0. The molecule has 3 heteroatoms. The van der Waals surface area contributed by atoms with E-state index in [9.17, 15) is 4.39 Å². The van der Waals surface area contributed by atoms with Crippen LogP contribution in [0, 0.1) is 5.82 Å². The summed E-state index contributed by atoms with van der Waals surface area (Å²) in [5.74, 6) is -0.0726. The van der Waals surface area contributed by atoms with Gasteiger partial charge < -0.3 is 10.2 Å². The molecule has 1 heterocycles. The molecule has 1 saturated heterocycles. The first-order valence-corrected chi connectivity index (χ1v) is 8.50. The standard InChI is InChI=1S/C18H29FN2/c1-3-4-6-11-20-15(2)16-9-10-18(17(19)14-16)21-12-7-5-8-13-21/h9-10,14-15,20H,3-8,11-13H2,1-2H3/t15-/m1/s1. The van der Waals surface area contributed by atoms with Crippen LogP contribution in [0.3, 0.4) is 0 Å². The van der Waals surface area contributed by atoms with Crippen LogP contribution in [0.4, 0.5) is 10.1 Å². The van der Waals surface area contributed by atoms with E-state index < -0.39 is 0 Å². The molecule has 1 aliphatic rings. The van der Waals surface area contributed by atoms with Crippen LogP contribution in [0.1, 0.15) is 64.0 Å². The summed E-state index contributed by atoms with van der Waals surface area (Å²) in [6.45, 7) is 7.30. The van der Waals surface area contributed by atoms with Gasteiger partial charge in [-0.15, -0.1) is 0 Å². The van der Waals surface area contributed by atoms with E-state index in [2.05, 4.69) is 30.1 Å². The molecule has 0 spiro atoms. The van der Waals surface area contributed by atoms with Gasteiger partial charge in [-0.3, -0.25) is 0 Å². The molecular weight excluding hydrogens is 263 g/mol. The van der Waals surface area contributed by atoms with Crippen molar-refractivity contribution in [1.82, 2.24) is 5.32 Å². The number of piperidine rings is 1. The highest BCUT2D eigenvalue weighted by atomic mass is 19.1. The molecule has 1 atom stereocenters. The summed E-state index contributed by atoms with van der Waals surface area (Å²) in [6, 6.07) is 5.96. The highest BCUT2D eigenvalue weighted by Crippen LogP contribution is 2.26. The molecule has 2 nitrogen and oxygen atoms in total.